The molecule has 2 aromatic heterocycles. The molecule has 0 aromatic carbocycles. The van der Waals surface area contributed by atoms with E-state index in [2.05, 4.69) is 87.6 Å². The third kappa shape index (κ3) is 14.6. The quantitative estimate of drug-likeness (QED) is 0.0835. The summed E-state index contributed by atoms with van der Waals surface area (Å²) in [5, 5.41) is 1.94. The first-order chi connectivity index (χ1) is 16.8. The van der Waals surface area contributed by atoms with Crippen molar-refractivity contribution in [1.29, 1.82) is 0 Å². The Bertz CT molecular complexity index is 669. The Balaban J connectivity index is 1.46. The van der Waals surface area contributed by atoms with Crippen LogP contribution in [0.1, 0.15) is 38.5 Å². The zero-order valence-electron chi connectivity index (χ0n) is 20.4. The predicted octanol–water partition coefficient (Wildman–Crippen LogP) is 3.68. The molecule has 0 saturated carbocycles. The summed E-state index contributed by atoms with van der Waals surface area (Å²) in [6, 6.07) is 0. The highest BCUT2D eigenvalue weighted by Crippen LogP contribution is 1.99. The van der Waals surface area contributed by atoms with Gasteiger partial charge in [-0.05, 0) is 25.7 Å². The predicted molar refractivity (Wildman–Crippen MR) is 138 cm³/mol. The maximum Gasteiger partial charge on any atom is 0.243 e. The number of nitrogens with zero attached hydrogens (tertiary/aromatic N) is 4. The smallest absolute Gasteiger partial charge is 0.243 e. The Kier molecular flexibility index (Phi) is 17.7. The lowest BCUT2D eigenvalue weighted by Gasteiger charge is -2.04. The number of aromatic nitrogens is 4. The van der Waals surface area contributed by atoms with Gasteiger partial charge in [-0.15, -0.1) is 0 Å². The van der Waals surface area contributed by atoms with E-state index in [0.29, 0.717) is 13.6 Å². The molecule has 2 rings (SSSR count). The topological polar surface area (TPSA) is 54.5 Å². The molecule has 194 valence electrons. The summed E-state index contributed by atoms with van der Waals surface area (Å²) >= 11 is 6.77. The van der Waals surface area contributed by atoms with E-state index in [1.165, 1.54) is 0 Å². The number of halogens is 2. The number of aryl methyl sites for hydroxylation is 4. The number of hydrogen-bond acceptors (Lipinski definition) is 4. The van der Waals surface area contributed by atoms with Gasteiger partial charge in [0.1, 0.15) is 38.4 Å². The summed E-state index contributed by atoms with van der Waals surface area (Å²) in [5.41, 5.74) is 0. The Labute approximate surface area is 221 Å². The molecule has 0 amide bonds. The van der Waals surface area contributed by atoms with Gasteiger partial charge in [0.2, 0.25) is 12.7 Å². The highest BCUT2D eigenvalue weighted by molar-refractivity contribution is 9.09. The van der Waals surface area contributed by atoms with Crippen LogP contribution in [-0.4, -0.2) is 59.8 Å². The van der Waals surface area contributed by atoms with Gasteiger partial charge in [-0.2, -0.15) is 0 Å². The maximum absolute atomic E-state index is 5.51. The van der Waals surface area contributed by atoms with Crippen molar-refractivity contribution in [3.8, 4) is 0 Å². The van der Waals surface area contributed by atoms with Crippen LogP contribution in [0.15, 0.2) is 37.4 Å². The van der Waals surface area contributed by atoms with Crippen molar-refractivity contribution in [3.63, 3.8) is 0 Å². The summed E-state index contributed by atoms with van der Waals surface area (Å²) in [6.45, 7) is 7.74. The number of imidazole rings is 2. The molecule has 10 heteroatoms. The van der Waals surface area contributed by atoms with Crippen LogP contribution in [0.2, 0.25) is 0 Å². The Morgan fingerprint density at radius 1 is 0.559 bits per heavy atom. The van der Waals surface area contributed by atoms with Crippen LogP contribution in [0.3, 0.4) is 0 Å². The molecule has 0 atom stereocenters. The lowest BCUT2D eigenvalue weighted by atomic mass is 10.3. The zero-order valence-corrected chi connectivity index (χ0v) is 23.5. The van der Waals surface area contributed by atoms with E-state index in [9.17, 15) is 0 Å². The van der Waals surface area contributed by atoms with Gasteiger partial charge in [0.15, 0.2) is 0 Å². The molecule has 34 heavy (non-hydrogen) atoms. The van der Waals surface area contributed by atoms with E-state index < -0.39 is 0 Å². The van der Waals surface area contributed by atoms with Gasteiger partial charge >= 0.3 is 0 Å². The SMILES string of the molecule is BrCCCOCOCCC[n+]1ccn(CCCCn2cc[n+](CCCOCOCCCBr)c2)c1. The van der Waals surface area contributed by atoms with E-state index >= 15 is 0 Å². The van der Waals surface area contributed by atoms with Crippen molar-refractivity contribution in [3.05, 3.63) is 37.4 Å². The molecular formula is C24H42Br2N4O4+2. The minimum atomic E-state index is 0.391. The summed E-state index contributed by atoms with van der Waals surface area (Å²) in [6.07, 6.45) is 19.3. The molecule has 0 N–H and O–H groups in total. The van der Waals surface area contributed by atoms with Gasteiger partial charge in [-0.25, -0.2) is 18.3 Å². The molecule has 0 bridgehead atoms. The molecule has 0 fully saturated rings. The second-order valence-corrected chi connectivity index (χ2v) is 9.73. The molecular weight excluding hydrogens is 568 g/mol. The van der Waals surface area contributed by atoms with Gasteiger partial charge in [0, 0.05) is 23.5 Å². The fourth-order valence-electron chi connectivity index (χ4n) is 3.36. The van der Waals surface area contributed by atoms with Crippen LogP contribution in [0.5, 0.6) is 0 Å². The number of alkyl halides is 2. The van der Waals surface area contributed by atoms with E-state index in [1.807, 2.05) is 0 Å². The van der Waals surface area contributed by atoms with Gasteiger partial charge < -0.3 is 18.9 Å². The summed E-state index contributed by atoms with van der Waals surface area (Å²) in [4.78, 5) is 0. The Morgan fingerprint density at radius 3 is 1.38 bits per heavy atom. The van der Waals surface area contributed by atoms with Gasteiger partial charge in [0.25, 0.3) is 0 Å². The van der Waals surface area contributed by atoms with Crippen molar-refractivity contribution < 1.29 is 28.1 Å². The summed E-state index contributed by atoms with van der Waals surface area (Å²) in [7, 11) is 0. The zero-order chi connectivity index (χ0) is 24.1. The largest absolute Gasteiger partial charge is 0.355 e. The number of unbranched alkanes of at least 4 members (excludes halogenated alkanes) is 1. The number of rotatable bonds is 23. The van der Waals surface area contributed by atoms with E-state index in [0.717, 1.165) is 102 Å². The third-order valence-electron chi connectivity index (χ3n) is 5.16. The highest BCUT2D eigenvalue weighted by atomic mass is 79.9. The molecule has 2 heterocycles. The lowest BCUT2D eigenvalue weighted by molar-refractivity contribution is -0.697. The maximum atomic E-state index is 5.51. The second-order valence-electron chi connectivity index (χ2n) is 8.15. The third-order valence-corrected chi connectivity index (χ3v) is 6.28. The molecule has 0 radical (unpaired) electrons. The molecule has 8 nitrogen and oxygen atoms in total. The van der Waals surface area contributed by atoms with E-state index in [-0.39, 0.29) is 0 Å². The van der Waals surface area contributed by atoms with Crippen molar-refractivity contribution in [2.45, 2.75) is 64.7 Å². The van der Waals surface area contributed by atoms with Crippen LogP contribution in [0.25, 0.3) is 0 Å². The van der Waals surface area contributed by atoms with Crippen LogP contribution in [0.4, 0.5) is 0 Å². The van der Waals surface area contributed by atoms with Crippen LogP contribution in [0, 0.1) is 0 Å². The van der Waals surface area contributed by atoms with Gasteiger partial charge in [-0.1, -0.05) is 31.9 Å². The lowest BCUT2D eigenvalue weighted by Crippen LogP contribution is -2.31. The fraction of sp³-hybridized carbons (Fsp3) is 0.750. The molecule has 0 spiro atoms. The first kappa shape index (κ1) is 29.5. The normalized spacial score (nSPS) is 11.5. The van der Waals surface area contributed by atoms with Crippen LogP contribution < -0.4 is 9.13 Å². The van der Waals surface area contributed by atoms with Crippen molar-refractivity contribution in [2.75, 3.05) is 50.7 Å². The monoisotopic (exact) mass is 608 g/mol. The van der Waals surface area contributed by atoms with Crippen molar-refractivity contribution in [2.24, 2.45) is 0 Å². The minimum Gasteiger partial charge on any atom is -0.355 e. The molecule has 0 aliphatic heterocycles. The molecule has 0 aliphatic rings. The molecule has 0 saturated heterocycles. The fourth-order valence-corrected chi connectivity index (χ4v) is 3.82. The van der Waals surface area contributed by atoms with Crippen LogP contribution >= 0.6 is 31.9 Å². The molecule has 0 aliphatic carbocycles. The van der Waals surface area contributed by atoms with Crippen molar-refractivity contribution >= 4 is 31.9 Å². The Morgan fingerprint density at radius 2 is 0.971 bits per heavy atom. The van der Waals surface area contributed by atoms with Gasteiger partial charge in [0.05, 0.1) is 52.6 Å². The van der Waals surface area contributed by atoms with Crippen molar-refractivity contribution in [1.82, 2.24) is 9.13 Å². The Hall–Kier alpha value is -0.780. The van der Waals surface area contributed by atoms with Gasteiger partial charge in [-0.3, -0.25) is 0 Å². The highest BCUT2D eigenvalue weighted by Gasteiger charge is 2.06. The average molecular weight is 610 g/mol. The van der Waals surface area contributed by atoms with E-state index in [1.54, 1.807) is 0 Å². The number of hydrogen-bond donors (Lipinski definition) is 0. The average Bonchev–Trinajstić information content (AvgIpc) is 3.49. The first-order valence-electron chi connectivity index (χ1n) is 12.3. The summed E-state index contributed by atoms with van der Waals surface area (Å²) in [5.74, 6) is 0. The first-order valence-corrected chi connectivity index (χ1v) is 14.6. The standard InChI is InChI=1S/C24H42Br2N4O4/c25-7-3-17-31-23-33-19-5-11-29-15-13-27(21-29)9-1-2-10-28-14-16-30(22-28)12-6-20-34-24-32-18-4-8-26/h13-16,21-22H,1-12,17-20,23-24H2/q+2. The number of ether oxygens (including phenoxy) is 4. The molecule has 0 unspecified atom stereocenters. The van der Waals surface area contributed by atoms with E-state index in [4.69, 9.17) is 18.9 Å². The minimum absolute atomic E-state index is 0.391. The summed E-state index contributed by atoms with van der Waals surface area (Å²) < 4.78 is 30.8. The molecule has 2 aromatic rings. The second kappa shape index (κ2) is 20.4. The van der Waals surface area contributed by atoms with Crippen LogP contribution in [-0.2, 0) is 45.1 Å².